The monoisotopic (exact) mass is 248 g/mol. The Morgan fingerprint density at radius 2 is 2.17 bits per heavy atom. The first-order chi connectivity index (χ1) is 8.70. The van der Waals surface area contributed by atoms with Gasteiger partial charge in [-0.1, -0.05) is 0 Å². The quantitative estimate of drug-likeness (QED) is 0.894. The lowest BCUT2D eigenvalue weighted by molar-refractivity contribution is 0.0699. The van der Waals surface area contributed by atoms with Crippen LogP contribution in [-0.4, -0.2) is 19.8 Å². The third-order valence-corrected chi connectivity index (χ3v) is 3.40. The van der Waals surface area contributed by atoms with Crippen LogP contribution in [0.3, 0.4) is 0 Å². The number of anilines is 1. The molecule has 4 heteroatoms. The van der Waals surface area contributed by atoms with Gasteiger partial charge in [0.25, 0.3) is 0 Å². The van der Waals surface area contributed by atoms with Crippen molar-refractivity contribution < 1.29 is 9.13 Å². The molecule has 0 bridgehead atoms. The molecule has 0 saturated carbocycles. The van der Waals surface area contributed by atoms with Crippen LogP contribution in [0.5, 0.6) is 0 Å². The third kappa shape index (κ3) is 2.99. The van der Waals surface area contributed by atoms with E-state index in [1.54, 1.807) is 13.0 Å². The first-order valence-corrected chi connectivity index (χ1v) is 6.22. The molecular formula is C14H17FN2O. The topological polar surface area (TPSA) is 45.0 Å². The molecule has 1 aliphatic rings. The highest BCUT2D eigenvalue weighted by Gasteiger charge is 2.14. The van der Waals surface area contributed by atoms with Crippen LogP contribution in [-0.2, 0) is 4.74 Å². The molecule has 2 rings (SSSR count). The van der Waals surface area contributed by atoms with Gasteiger partial charge in [0.05, 0.1) is 11.6 Å². The summed E-state index contributed by atoms with van der Waals surface area (Å²) >= 11 is 0. The molecule has 1 heterocycles. The second-order valence-electron chi connectivity index (χ2n) is 4.68. The van der Waals surface area contributed by atoms with Crippen LogP contribution in [0.15, 0.2) is 12.1 Å². The van der Waals surface area contributed by atoms with E-state index in [2.05, 4.69) is 5.32 Å². The number of nitrogens with zero attached hydrogens (tertiary/aromatic N) is 1. The number of nitrogens with one attached hydrogen (secondary N) is 1. The average molecular weight is 248 g/mol. The van der Waals surface area contributed by atoms with Gasteiger partial charge in [-0.3, -0.25) is 0 Å². The van der Waals surface area contributed by atoms with Crippen LogP contribution in [0.4, 0.5) is 10.1 Å². The minimum atomic E-state index is -0.330. The van der Waals surface area contributed by atoms with Gasteiger partial charge in [0.15, 0.2) is 0 Å². The van der Waals surface area contributed by atoms with Gasteiger partial charge in [-0.2, -0.15) is 5.26 Å². The zero-order valence-corrected chi connectivity index (χ0v) is 10.5. The number of halogens is 1. The van der Waals surface area contributed by atoms with Crippen LogP contribution in [0.25, 0.3) is 0 Å². The largest absolute Gasteiger partial charge is 0.384 e. The molecule has 3 nitrogen and oxygen atoms in total. The molecule has 0 aromatic heterocycles. The number of hydrogen-bond acceptors (Lipinski definition) is 3. The molecular weight excluding hydrogens is 231 g/mol. The van der Waals surface area contributed by atoms with Crippen LogP contribution < -0.4 is 5.32 Å². The summed E-state index contributed by atoms with van der Waals surface area (Å²) in [5.74, 6) is 0.232. The van der Waals surface area contributed by atoms with E-state index < -0.39 is 0 Å². The second kappa shape index (κ2) is 5.83. The highest BCUT2D eigenvalue weighted by Crippen LogP contribution is 2.22. The number of hydrogen-bond donors (Lipinski definition) is 1. The van der Waals surface area contributed by atoms with E-state index in [-0.39, 0.29) is 5.82 Å². The van der Waals surface area contributed by atoms with Crippen LogP contribution >= 0.6 is 0 Å². The summed E-state index contributed by atoms with van der Waals surface area (Å²) in [6.07, 6.45) is 2.07. The summed E-state index contributed by atoms with van der Waals surface area (Å²) in [4.78, 5) is 0. The van der Waals surface area contributed by atoms with E-state index in [4.69, 9.17) is 10.00 Å². The zero-order chi connectivity index (χ0) is 13.0. The molecule has 0 atom stereocenters. The summed E-state index contributed by atoms with van der Waals surface area (Å²) < 4.78 is 18.9. The predicted octanol–water partition coefficient (Wildman–Crippen LogP) is 2.84. The maximum absolute atomic E-state index is 13.6. The summed E-state index contributed by atoms with van der Waals surface area (Å²) in [7, 11) is 0. The number of rotatable bonds is 3. The highest BCUT2D eigenvalue weighted by atomic mass is 19.1. The molecule has 0 spiro atoms. The fourth-order valence-corrected chi connectivity index (χ4v) is 2.13. The summed E-state index contributed by atoms with van der Waals surface area (Å²) in [6.45, 7) is 4.14. The molecule has 1 saturated heterocycles. The smallest absolute Gasteiger partial charge is 0.129 e. The molecule has 0 aliphatic carbocycles. The van der Waals surface area contributed by atoms with Gasteiger partial charge in [0, 0.05) is 31.0 Å². The molecule has 1 aliphatic heterocycles. The first kappa shape index (κ1) is 12.8. The molecule has 0 amide bonds. The maximum atomic E-state index is 13.6. The molecule has 0 unspecified atom stereocenters. The lowest BCUT2D eigenvalue weighted by atomic mass is 10.00. The average Bonchev–Trinajstić information content (AvgIpc) is 2.41. The Morgan fingerprint density at radius 3 is 2.83 bits per heavy atom. The van der Waals surface area contributed by atoms with Crippen LogP contribution in [0.2, 0.25) is 0 Å². The standard InChI is InChI=1S/C14H17FN2O/c1-10-13(15)6-12(8-16)7-14(10)17-9-11-2-4-18-5-3-11/h6-7,11,17H,2-5,9H2,1H3. The fraction of sp³-hybridized carbons (Fsp3) is 0.500. The normalized spacial score (nSPS) is 16.3. The van der Waals surface area contributed by atoms with Gasteiger partial charge in [-0.25, -0.2) is 4.39 Å². The van der Waals surface area contributed by atoms with E-state index >= 15 is 0 Å². The Bertz CT molecular complexity index is 462. The van der Waals surface area contributed by atoms with Crippen molar-refractivity contribution in [3.8, 4) is 6.07 Å². The fourth-order valence-electron chi connectivity index (χ4n) is 2.13. The van der Waals surface area contributed by atoms with Crippen molar-refractivity contribution in [2.75, 3.05) is 25.1 Å². The van der Waals surface area contributed by atoms with Crippen LogP contribution in [0.1, 0.15) is 24.0 Å². The van der Waals surface area contributed by atoms with Gasteiger partial charge in [-0.05, 0) is 37.8 Å². The molecule has 18 heavy (non-hydrogen) atoms. The molecule has 1 aromatic rings. The Hall–Kier alpha value is -1.60. The van der Waals surface area contributed by atoms with Gasteiger partial charge in [0.1, 0.15) is 5.82 Å². The van der Waals surface area contributed by atoms with Crippen molar-refractivity contribution in [1.29, 1.82) is 5.26 Å². The third-order valence-electron chi connectivity index (χ3n) is 3.40. The Kier molecular flexibility index (Phi) is 4.16. The summed E-state index contributed by atoms with van der Waals surface area (Å²) in [6, 6.07) is 4.95. The molecule has 1 N–H and O–H groups in total. The van der Waals surface area contributed by atoms with Gasteiger partial charge >= 0.3 is 0 Å². The zero-order valence-electron chi connectivity index (χ0n) is 10.5. The maximum Gasteiger partial charge on any atom is 0.129 e. The Morgan fingerprint density at radius 1 is 1.44 bits per heavy atom. The van der Waals surface area contributed by atoms with Gasteiger partial charge in [0.2, 0.25) is 0 Å². The van der Waals surface area contributed by atoms with Crippen molar-refractivity contribution in [3.05, 3.63) is 29.1 Å². The Balaban J connectivity index is 2.04. The van der Waals surface area contributed by atoms with E-state index in [0.717, 1.165) is 38.3 Å². The van der Waals surface area contributed by atoms with E-state index in [1.165, 1.54) is 6.07 Å². The minimum absolute atomic E-state index is 0.330. The lowest BCUT2D eigenvalue weighted by Gasteiger charge is -2.23. The predicted molar refractivity (Wildman–Crippen MR) is 67.9 cm³/mol. The van der Waals surface area contributed by atoms with E-state index in [1.807, 2.05) is 6.07 Å². The second-order valence-corrected chi connectivity index (χ2v) is 4.68. The van der Waals surface area contributed by atoms with Gasteiger partial charge < -0.3 is 10.1 Å². The highest BCUT2D eigenvalue weighted by molar-refractivity contribution is 5.55. The summed E-state index contributed by atoms with van der Waals surface area (Å²) in [5.41, 5.74) is 1.65. The first-order valence-electron chi connectivity index (χ1n) is 6.22. The summed E-state index contributed by atoms with van der Waals surface area (Å²) in [5, 5.41) is 12.1. The van der Waals surface area contributed by atoms with Crippen molar-refractivity contribution in [3.63, 3.8) is 0 Å². The van der Waals surface area contributed by atoms with Gasteiger partial charge in [-0.15, -0.1) is 0 Å². The molecule has 1 aromatic carbocycles. The van der Waals surface area contributed by atoms with Crippen LogP contribution in [0, 0.1) is 30.0 Å². The van der Waals surface area contributed by atoms with Crippen molar-refractivity contribution >= 4 is 5.69 Å². The van der Waals surface area contributed by atoms with E-state index in [9.17, 15) is 4.39 Å². The molecule has 0 radical (unpaired) electrons. The lowest BCUT2D eigenvalue weighted by Crippen LogP contribution is -2.23. The minimum Gasteiger partial charge on any atom is -0.384 e. The molecule has 1 fully saturated rings. The Labute approximate surface area is 107 Å². The number of nitriles is 1. The molecule has 96 valence electrons. The number of ether oxygens (including phenoxy) is 1. The number of benzene rings is 1. The van der Waals surface area contributed by atoms with Crippen molar-refractivity contribution in [2.45, 2.75) is 19.8 Å². The van der Waals surface area contributed by atoms with Crippen molar-refractivity contribution in [1.82, 2.24) is 0 Å². The SMILES string of the molecule is Cc1c(F)cc(C#N)cc1NCC1CCOCC1. The van der Waals surface area contributed by atoms with Crippen molar-refractivity contribution in [2.24, 2.45) is 5.92 Å². The van der Waals surface area contributed by atoms with E-state index in [0.29, 0.717) is 17.0 Å².